The normalized spacial score (nSPS) is 16.0. The lowest BCUT2D eigenvalue weighted by molar-refractivity contribution is -0.386. The van der Waals surface area contributed by atoms with E-state index in [0.29, 0.717) is 62.3 Å². The number of hydrogen-bond donors (Lipinski definition) is 2. The van der Waals surface area contributed by atoms with Gasteiger partial charge in [0.2, 0.25) is 5.95 Å². The van der Waals surface area contributed by atoms with Crippen molar-refractivity contribution in [2.24, 2.45) is 0 Å². The summed E-state index contributed by atoms with van der Waals surface area (Å²) in [7, 11) is 0. The molecule has 1 unspecified atom stereocenters. The highest BCUT2D eigenvalue weighted by atomic mass is 16.6. The van der Waals surface area contributed by atoms with Crippen molar-refractivity contribution in [3.63, 3.8) is 0 Å². The van der Waals surface area contributed by atoms with Crippen LogP contribution in [0.3, 0.4) is 0 Å². The summed E-state index contributed by atoms with van der Waals surface area (Å²) in [5.41, 5.74) is 3.53. The molecule has 4 aromatic rings. The molecular weight excluding hydrogens is 588 g/mol. The lowest BCUT2D eigenvalue weighted by atomic mass is 9.95. The number of carbonyl (C=O) groups excluding carboxylic acids is 1. The maximum absolute atomic E-state index is 13.8. The third-order valence-electron chi connectivity index (χ3n) is 8.03. The SMILES string of the molecule is O=C(c1ccccc1)C(c1cc(NCCNc2nccc(-c3ccc(N4CCOCC4)cc3)n2)ncc1[N+](=O)[O-])N1CCOCC1. The summed E-state index contributed by atoms with van der Waals surface area (Å²) in [5.74, 6) is 0.698. The Labute approximate surface area is 266 Å². The second-order valence-corrected chi connectivity index (χ2v) is 10.9. The number of morpholine rings is 2. The van der Waals surface area contributed by atoms with Crippen molar-refractivity contribution < 1.29 is 19.2 Å². The average molecular weight is 625 g/mol. The first kappa shape index (κ1) is 31.0. The Balaban J connectivity index is 1.13. The Morgan fingerprint density at radius 1 is 0.891 bits per heavy atom. The summed E-state index contributed by atoms with van der Waals surface area (Å²) < 4.78 is 11.0. The van der Waals surface area contributed by atoms with Gasteiger partial charge < -0.3 is 25.0 Å². The van der Waals surface area contributed by atoms with Crippen LogP contribution in [0.5, 0.6) is 0 Å². The lowest BCUT2D eigenvalue weighted by Gasteiger charge is -2.33. The molecule has 0 radical (unpaired) electrons. The maximum Gasteiger partial charge on any atom is 0.292 e. The number of Topliss-reactive ketones (excluding diaryl/α,β-unsaturated/α-hetero) is 1. The van der Waals surface area contributed by atoms with Gasteiger partial charge in [0.1, 0.15) is 18.1 Å². The molecule has 2 aliphatic heterocycles. The maximum atomic E-state index is 13.8. The summed E-state index contributed by atoms with van der Waals surface area (Å²) in [5, 5.41) is 18.5. The first-order valence-corrected chi connectivity index (χ1v) is 15.4. The lowest BCUT2D eigenvalue weighted by Crippen LogP contribution is -2.42. The molecule has 0 aliphatic carbocycles. The Morgan fingerprint density at radius 3 is 2.30 bits per heavy atom. The second kappa shape index (κ2) is 14.9. The van der Waals surface area contributed by atoms with Gasteiger partial charge in [-0.25, -0.2) is 15.0 Å². The molecule has 0 amide bonds. The molecule has 13 nitrogen and oxygen atoms in total. The molecular formula is C33H36N8O5. The summed E-state index contributed by atoms with van der Waals surface area (Å²) in [4.78, 5) is 42.9. The highest BCUT2D eigenvalue weighted by Crippen LogP contribution is 2.34. The number of anilines is 3. The Hall–Kier alpha value is -4.98. The molecule has 2 saturated heterocycles. The monoisotopic (exact) mass is 624 g/mol. The first-order chi connectivity index (χ1) is 22.6. The van der Waals surface area contributed by atoms with E-state index < -0.39 is 11.0 Å². The van der Waals surface area contributed by atoms with Crippen molar-refractivity contribution >= 4 is 28.9 Å². The number of ketones is 1. The standard InChI is InChI=1S/C33H36N8O5/c42-32(25-4-2-1-3-5-25)31(40-16-20-46-21-17-40)27-22-30(37-23-29(27)41(43)44)34-12-13-36-33-35-11-10-28(38-33)24-6-8-26(9-7-24)39-14-18-45-19-15-39/h1-11,22-23,31H,12-21H2,(H,34,37)(H,35,36,38). The average Bonchev–Trinajstić information content (AvgIpc) is 3.11. The van der Waals surface area contributed by atoms with Gasteiger partial charge in [-0.1, -0.05) is 42.5 Å². The molecule has 0 bridgehead atoms. The van der Waals surface area contributed by atoms with E-state index in [4.69, 9.17) is 9.47 Å². The second-order valence-electron chi connectivity index (χ2n) is 10.9. The molecule has 2 fully saturated rings. The number of ether oxygens (including phenoxy) is 2. The van der Waals surface area contributed by atoms with Crippen molar-refractivity contribution in [1.82, 2.24) is 19.9 Å². The molecule has 2 aliphatic rings. The van der Waals surface area contributed by atoms with Crippen molar-refractivity contribution in [1.29, 1.82) is 0 Å². The number of nitrogens with zero attached hydrogens (tertiary/aromatic N) is 6. The Kier molecular flexibility index (Phi) is 10.0. The molecule has 0 saturated carbocycles. The van der Waals surface area contributed by atoms with Gasteiger partial charge in [-0.2, -0.15) is 0 Å². The number of pyridine rings is 1. The molecule has 46 heavy (non-hydrogen) atoms. The van der Waals surface area contributed by atoms with Crippen LogP contribution in [0.4, 0.5) is 23.1 Å². The number of aromatic nitrogens is 3. The van der Waals surface area contributed by atoms with Crippen LogP contribution in [-0.2, 0) is 9.47 Å². The molecule has 1 atom stereocenters. The summed E-state index contributed by atoms with van der Waals surface area (Å²) in [6, 6.07) is 19.8. The Morgan fingerprint density at radius 2 is 1.59 bits per heavy atom. The van der Waals surface area contributed by atoms with Gasteiger partial charge in [0, 0.05) is 62.3 Å². The van der Waals surface area contributed by atoms with E-state index in [9.17, 15) is 14.9 Å². The molecule has 2 aromatic heterocycles. The van der Waals surface area contributed by atoms with Crippen molar-refractivity contribution in [3.8, 4) is 11.3 Å². The molecule has 13 heteroatoms. The van der Waals surface area contributed by atoms with Crippen molar-refractivity contribution in [2.45, 2.75) is 6.04 Å². The quantitative estimate of drug-likeness (QED) is 0.101. The predicted octanol–water partition coefficient (Wildman–Crippen LogP) is 4.06. The Bertz CT molecular complexity index is 1630. The van der Waals surface area contributed by atoms with Crippen LogP contribution >= 0.6 is 0 Å². The van der Waals surface area contributed by atoms with E-state index in [1.807, 2.05) is 17.0 Å². The summed E-state index contributed by atoms with van der Waals surface area (Å²) >= 11 is 0. The fourth-order valence-corrected chi connectivity index (χ4v) is 5.67. The van der Waals surface area contributed by atoms with Crippen molar-refractivity contribution in [3.05, 3.63) is 100 Å². The van der Waals surface area contributed by atoms with Crippen LogP contribution in [0.1, 0.15) is 22.0 Å². The number of carbonyl (C=O) groups is 1. The minimum Gasteiger partial charge on any atom is -0.379 e. The fraction of sp³-hybridized carbons (Fsp3) is 0.333. The molecule has 0 spiro atoms. The van der Waals surface area contributed by atoms with E-state index in [1.54, 1.807) is 36.5 Å². The zero-order chi connectivity index (χ0) is 31.7. The largest absolute Gasteiger partial charge is 0.379 e. The van der Waals surface area contributed by atoms with Crippen LogP contribution in [0.15, 0.2) is 79.1 Å². The van der Waals surface area contributed by atoms with Crippen LogP contribution in [-0.4, -0.2) is 96.3 Å². The van der Waals surface area contributed by atoms with Crippen LogP contribution < -0.4 is 15.5 Å². The summed E-state index contributed by atoms with van der Waals surface area (Å²) in [6.07, 6.45) is 2.93. The zero-order valence-corrected chi connectivity index (χ0v) is 25.4. The van der Waals surface area contributed by atoms with Crippen LogP contribution in [0, 0.1) is 10.1 Å². The molecule has 2 aromatic carbocycles. The van der Waals surface area contributed by atoms with E-state index in [1.165, 1.54) is 6.20 Å². The van der Waals surface area contributed by atoms with Gasteiger partial charge in [-0.15, -0.1) is 0 Å². The topological polar surface area (TPSA) is 148 Å². The fourth-order valence-electron chi connectivity index (χ4n) is 5.67. The van der Waals surface area contributed by atoms with E-state index in [2.05, 4.69) is 54.8 Å². The molecule has 238 valence electrons. The molecule has 4 heterocycles. The van der Waals surface area contributed by atoms with E-state index >= 15 is 0 Å². The number of benzene rings is 2. The van der Waals surface area contributed by atoms with Crippen molar-refractivity contribution in [2.75, 3.05) is 81.2 Å². The number of hydrogen-bond acceptors (Lipinski definition) is 12. The van der Waals surface area contributed by atoms with E-state index in [-0.39, 0.29) is 11.5 Å². The summed E-state index contributed by atoms with van der Waals surface area (Å²) in [6.45, 7) is 5.97. The molecule has 6 rings (SSSR count). The number of rotatable bonds is 12. The first-order valence-electron chi connectivity index (χ1n) is 15.4. The van der Waals surface area contributed by atoms with Crippen LogP contribution in [0.2, 0.25) is 0 Å². The van der Waals surface area contributed by atoms with Gasteiger partial charge in [0.25, 0.3) is 5.69 Å². The third-order valence-corrected chi connectivity index (χ3v) is 8.03. The minimum atomic E-state index is -0.854. The van der Waals surface area contributed by atoms with Gasteiger partial charge in [0.05, 0.1) is 42.6 Å². The molecule has 2 N–H and O–H groups in total. The zero-order valence-electron chi connectivity index (χ0n) is 25.4. The minimum absolute atomic E-state index is 0.201. The van der Waals surface area contributed by atoms with Gasteiger partial charge in [0.15, 0.2) is 5.78 Å². The van der Waals surface area contributed by atoms with Gasteiger partial charge in [-0.05, 0) is 24.3 Å². The highest BCUT2D eigenvalue weighted by molar-refractivity contribution is 6.01. The smallest absolute Gasteiger partial charge is 0.292 e. The van der Waals surface area contributed by atoms with E-state index in [0.717, 1.165) is 43.2 Å². The number of nitrogens with one attached hydrogen (secondary N) is 2. The van der Waals surface area contributed by atoms with Gasteiger partial charge >= 0.3 is 0 Å². The third kappa shape index (κ3) is 7.45. The van der Waals surface area contributed by atoms with Crippen LogP contribution in [0.25, 0.3) is 11.3 Å². The predicted molar refractivity (Wildman–Crippen MR) is 174 cm³/mol. The highest BCUT2D eigenvalue weighted by Gasteiger charge is 2.35. The number of nitro groups is 1. The van der Waals surface area contributed by atoms with Gasteiger partial charge in [-0.3, -0.25) is 19.8 Å².